The van der Waals surface area contributed by atoms with E-state index in [2.05, 4.69) is 4.98 Å². The zero-order valence-electron chi connectivity index (χ0n) is 6.63. The maximum Gasteiger partial charge on any atom is 0.256 e. The van der Waals surface area contributed by atoms with E-state index in [0.29, 0.717) is 11.0 Å². The van der Waals surface area contributed by atoms with Crippen LogP contribution in [0.15, 0.2) is 9.64 Å². The van der Waals surface area contributed by atoms with Crippen molar-refractivity contribution in [2.75, 3.05) is 12.4 Å². The van der Waals surface area contributed by atoms with E-state index < -0.39 is 0 Å². The number of aryl methyl sites for hydroxylation is 2. The molecule has 1 aromatic heterocycles. The van der Waals surface area contributed by atoms with Crippen LogP contribution >= 0.6 is 11.8 Å². The predicted molar refractivity (Wildman–Crippen MR) is 43.8 cm³/mol. The summed E-state index contributed by atoms with van der Waals surface area (Å²) in [5.41, 5.74) is 0.922. The highest BCUT2D eigenvalue weighted by Gasteiger charge is 2.04. The Balaban J connectivity index is 2.58. The molecule has 1 N–H and O–H groups in total. The lowest BCUT2D eigenvalue weighted by molar-refractivity contribution is 0.321. The zero-order chi connectivity index (χ0) is 8.27. The third-order valence-corrected chi connectivity index (χ3v) is 2.13. The van der Waals surface area contributed by atoms with Gasteiger partial charge < -0.3 is 9.52 Å². The van der Waals surface area contributed by atoms with Gasteiger partial charge in [0.25, 0.3) is 5.22 Å². The number of hydrogen-bond donors (Lipinski definition) is 1. The topological polar surface area (TPSA) is 46.3 Å². The summed E-state index contributed by atoms with van der Waals surface area (Å²) in [4.78, 5) is 4.13. The van der Waals surface area contributed by atoms with Gasteiger partial charge in [0.05, 0.1) is 12.3 Å². The van der Waals surface area contributed by atoms with Crippen molar-refractivity contribution in [1.82, 2.24) is 4.98 Å². The molecule has 3 nitrogen and oxygen atoms in total. The Labute approximate surface area is 69.8 Å². The van der Waals surface area contributed by atoms with Crippen molar-refractivity contribution in [2.24, 2.45) is 0 Å². The number of rotatable bonds is 3. The Morgan fingerprint density at radius 2 is 2.27 bits per heavy atom. The molecule has 0 aromatic carbocycles. The summed E-state index contributed by atoms with van der Waals surface area (Å²) in [6.45, 7) is 3.94. The van der Waals surface area contributed by atoms with E-state index in [9.17, 15) is 0 Å². The average Bonchev–Trinajstić information content (AvgIpc) is 2.28. The second-order valence-electron chi connectivity index (χ2n) is 2.19. The second-order valence-corrected chi connectivity index (χ2v) is 3.24. The molecule has 11 heavy (non-hydrogen) atoms. The van der Waals surface area contributed by atoms with Gasteiger partial charge in [0.1, 0.15) is 5.76 Å². The monoisotopic (exact) mass is 173 g/mol. The minimum Gasteiger partial charge on any atom is -0.437 e. The van der Waals surface area contributed by atoms with Gasteiger partial charge in [-0.3, -0.25) is 0 Å². The van der Waals surface area contributed by atoms with Crippen molar-refractivity contribution in [2.45, 2.75) is 19.1 Å². The largest absolute Gasteiger partial charge is 0.437 e. The standard InChI is InChI=1S/C7H11NO2S/c1-5-6(2)10-7(8-5)11-4-3-9/h9H,3-4H2,1-2H3. The summed E-state index contributed by atoms with van der Waals surface area (Å²) in [5.74, 6) is 1.49. The molecular formula is C7H11NO2S. The molecule has 4 heteroatoms. The number of aromatic nitrogens is 1. The van der Waals surface area contributed by atoms with Crippen LogP contribution in [-0.2, 0) is 0 Å². The molecule has 0 saturated heterocycles. The highest BCUT2D eigenvalue weighted by atomic mass is 32.2. The fraction of sp³-hybridized carbons (Fsp3) is 0.571. The summed E-state index contributed by atoms with van der Waals surface area (Å²) in [7, 11) is 0. The first-order valence-corrected chi connectivity index (χ1v) is 4.40. The summed E-state index contributed by atoms with van der Waals surface area (Å²) in [5, 5.41) is 9.16. The molecule has 0 spiro atoms. The minimum atomic E-state index is 0.158. The van der Waals surface area contributed by atoms with Gasteiger partial charge in [0.2, 0.25) is 0 Å². The van der Waals surface area contributed by atoms with Gasteiger partial charge in [-0.05, 0) is 13.8 Å². The third-order valence-electron chi connectivity index (χ3n) is 1.33. The van der Waals surface area contributed by atoms with Crippen LogP contribution in [0.25, 0.3) is 0 Å². The van der Waals surface area contributed by atoms with Crippen LogP contribution in [0.3, 0.4) is 0 Å². The van der Waals surface area contributed by atoms with Crippen molar-refractivity contribution < 1.29 is 9.52 Å². The van der Waals surface area contributed by atoms with Crippen LogP contribution in [0.1, 0.15) is 11.5 Å². The Kier molecular flexibility index (Phi) is 2.96. The molecule has 1 heterocycles. The molecule has 0 saturated carbocycles. The Morgan fingerprint density at radius 1 is 1.55 bits per heavy atom. The van der Waals surface area contributed by atoms with E-state index in [-0.39, 0.29) is 6.61 Å². The molecule has 62 valence electrons. The highest BCUT2D eigenvalue weighted by molar-refractivity contribution is 7.99. The SMILES string of the molecule is Cc1nc(SCCO)oc1C. The zero-order valence-corrected chi connectivity index (χ0v) is 7.44. The van der Waals surface area contributed by atoms with E-state index >= 15 is 0 Å². The number of aliphatic hydroxyl groups is 1. The summed E-state index contributed by atoms with van der Waals surface area (Å²) in [6.07, 6.45) is 0. The number of thioether (sulfide) groups is 1. The normalized spacial score (nSPS) is 10.5. The molecular weight excluding hydrogens is 162 g/mol. The van der Waals surface area contributed by atoms with Gasteiger partial charge in [0.15, 0.2) is 0 Å². The minimum absolute atomic E-state index is 0.158. The smallest absolute Gasteiger partial charge is 0.256 e. The van der Waals surface area contributed by atoms with Crippen LogP contribution in [0.2, 0.25) is 0 Å². The average molecular weight is 173 g/mol. The van der Waals surface area contributed by atoms with E-state index in [0.717, 1.165) is 11.5 Å². The van der Waals surface area contributed by atoms with Gasteiger partial charge >= 0.3 is 0 Å². The summed E-state index contributed by atoms with van der Waals surface area (Å²) < 4.78 is 5.26. The molecule has 0 aliphatic carbocycles. The van der Waals surface area contributed by atoms with E-state index in [1.165, 1.54) is 11.8 Å². The summed E-state index contributed by atoms with van der Waals surface area (Å²) >= 11 is 1.43. The van der Waals surface area contributed by atoms with Crippen LogP contribution < -0.4 is 0 Å². The van der Waals surface area contributed by atoms with Crippen molar-refractivity contribution in [3.63, 3.8) is 0 Å². The van der Waals surface area contributed by atoms with Crippen molar-refractivity contribution >= 4 is 11.8 Å². The Morgan fingerprint density at radius 3 is 2.73 bits per heavy atom. The molecule has 0 fully saturated rings. The first-order chi connectivity index (χ1) is 5.24. The van der Waals surface area contributed by atoms with E-state index in [4.69, 9.17) is 9.52 Å². The molecule has 0 amide bonds. The molecule has 0 unspecified atom stereocenters. The van der Waals surface area contributed by atoms with Gasteiger partial charge in [-0.2, -0.15) is 0 Å². The van der Waals surface area contributed by atoms with Crippen molar-refractivity contribution in [1.29, 1.82) is 0 Å². The van der Waals surface area contributed by atoms with Crippen LogP contribution in [0.4, 0.5) is 0 Å². The molecule has 0 bridgehead atoms. The van der Waals surface area contributed by atoms with Gasteiger partial charge in [0, 0.05) is 5.75 Å². The van der Waals surface area contributed by atoms with Gasteiger partial charge in [-0.25, -0.2) is 4.98 Å². The fourth-order valence-corrected chi connectivity index (χ4v) is 1.29. The Bertz CT molecular complexity index is 215. The lowest BCUT2D eigenvalue weighted by Crippen LogP contribution is -1.84. The predicted octanol–water partition coefficient (Wildman–Crippen LogP) is 1.38. The Hall–Kier alpha value is -0.480. The molecule has 0 aliphatic rings. The molecule has 0 atom stereocenters. The van der Waals surface area contributed by atoms with Gasteiger partial charge in [-0.15, -0.1) is 0 Å². The highest BCUT2D eigenvalue weighted by Crippen LogP contribution is 2.19. The second kappa shape index (κ2) is 3.78. The van der Waals surface area contributed by atoms with Crippen molar-refractivity contribution in [3.05, 3.63) is 11.5 Å². The maximum absolute atomic E-state index is 8.51. The van der Waals surface area contributed by atoms with Crippen LogP contribution in [0, 0.1) is 13.8 Å². The third kappa shape index (κ3) is 2.24. The molecule has 1 aromatic rings. The maximum atomic E-state index is 8.51. The fourth-order valence-electron chi connectivity index (χ4n) is 0.638. The lowest BCUT2D eigenvalue weighted by Gasteiger charge is -1.88. The first-order valence-electron chi connectivity index (χ1n) is 3.41. The van der Waals surface area contributed by atoms with Crippen molar-refractivity contribution in [3.8, 4) is 0 Å². The molecule has 0 aliphatic heterocycles. The number of oxazole rings is 1. The first kappa shape index (κ1) is 8.62. The number of hydrogen-bond acceptors (Lipinski definition) is 4. The number of aliphatic hydroxyl groups excluding tert-OH is 1. The molecule has 1 rings (SSSR count). The molecule has 0 radical (unpaired) electrons. The van der Waals surface area contributed by atoms with Gasteiger partial charge in [-0.1, -0.05) is 11.8 Å². The number of nitrogens with zero attached hydrogens (tertiary/aromatic N) is 1. The summed E-state index contributed by atoms with van der Waals surface area (Å²) in [6, 6.07) is 0. The van der Waals surface area contributed by atoms with Crippen LogP contribution in [0.5, 0.6) is 0 Å². The quantitative estimate of drug-likeness (QED) is 0.701. The lowest BCUT2D eigenvalue weighted by atomic mass is 10.4. The van der Waals surface area contributed by atoms with E-state index in [1.54, 1.807) is 0 Å². The van der Waals surface area contributed by atoms with Crippen LogP contribution in [-0.4, -0.2) is 22.5 Å². The van der Waals surface area contributed by atoms with E-state index in [1.807, 2.05) is 13.8 Å².